The Morgan fingerprint density at radius 2 is 2.00 bits per heavy atom. The van der Waals surface area contributed by atoms with Crippen molar-refractivity contribution in [1.82, 2.24) is 25.5 Å². The van der Waals surface area contributed by atoms with Crippen LogP contribution >= 0.6 is 0 Å². The zero-order chi connectivity index (χ0) is 22.3. The molecular formula is C22H20N6O3S. The average molecular weight is 449 g/mol. The zero-order valence-corrected chi connectivity index (χ0v) is 18.0. The highest BCUT2D eigenvalue weighted by atomic mass is 32.2. The summed E-state index contributed by atoms with van der Waals surface area (Å²) in [6.45, 7) is 1.91. The molecule has 0 radical (unpaired) electrons. The molecule has 4 aromatic rings. The monoisotopic (exact) mass is 448 g/mol. The van der Waals surface area contributed by atoms with Gasteiger partial charge in [-0.1, -0.05) is 18.2 Å². The van der Waals surface area contributed by atoms with Gasteiger partial charge in [0.2, 0.25) is 0 Å². The van der Waals surface area contributed by atoms with Crippen LogP contribution < -0.4 is 10.6 Å². The minimum absolute atomic E-state index is 0.00935. The number of hydrogen-bond donors (Lipinski definition) is 3. The Morgan fingerprint density at radius 1 is 1.16 bits per heavy atom. The molecule has 3 aromatic heterocycles. The first-order valence-electron chi connectivity index (χ1n) is 10.1. The van der Waals surface area contributed by atoms with Gasteiger partial charge in [0.15, 0.2) is 9.84 Å². The van der Waals surface area contributed by atoms with Crippen LogP contribution in [0.5, 0.6) is 0 Å². The van der Waals surface area contributed by atoms with Crippen molar-refractivity contribution in [2.75, 3.05) is 11.1 Å². The summed E-state index contributed by atoms with van der Waals surface area (Å²) in [6.07, 6.45) is 3.70. The van der Waals surface area contributed by atoms with Gasteiger partial charge in [-0.15, -0.1) is 0 Å². The number of rotatable bonds is 3. The number of aromatic amines is 1. The summed E-state index contributed by atoms with van der Waals surface area (Å²) in [5.74, 6) is 0.345. The second kappa shape index (κ2) is 7.72. The summed E-state index contributed by atoms with van der Waals surface area (Å²) >= 11 is 0. The van der Waals surface area contributed by atoms with Crippen molar-refractivity contribution in [2.45, 2.75) is 24.3 Å². The number of H-pyrrole nitrogens is 1. The summed E-state index contributed by atoms with van der Waals surface area (Å²) in [5, 5.41) is 13.8. The first-order chi connectivity index (χ1) is 15.4. The van der Waals surface area contributed by atoms with Gasteiger partial charge < -0.3 is 5.32 Å². The van der Waals surface area contributed by atoms with Crippen LogP contribution in [0.3, 0.4) is 0 Å². The molecule has 4 heterocycles. The molecule has 0 unspecified atom stereocenters. The van der Waals surface area contributed by atoms with Crippen molar-refractivity contribution in [1.29, 1.82) is 0 Å². The predicted octanol–water partition coefficient (Wildman–Crippen LogP) is 3.37. The molecule has 0 spiro atoms. The van der Waals surface area contributed by atoms with Crippen molar-refractivity contribution < 1.29 is 13.2 Å². The Balaban J connectivity index is 1.35. The van der Waals surface area contributed by atoms with Gasteiger partial charge in [0.25, 0.3) is 0 Å². The molecule has 32 heavy (non-hydrogen) atoms. The van der Waals surface area contributed by atoms with Crippen LogP contribution in [0.1, 0.15) is 23.7 Å². The number of amides is 2. The number of fused-ring (bicyclic) bond motifs is 2. The Kier molecular flexibility index (Phi) is 4.86. The van der Waals surface area contributed by atoms with Crippen LogP contribution in [0, 0.1) is 6.92 Å². The molecule has 1 aliphatic heterocycles. The second-order valence-electron chi connectivity index (χ2n) is 7.67. The number of anilines is 1. The number of nitrogens with zero attached hydrogens (tertiary/aromatic N) is 3. The van der Waals surface area contributed by atoms with Gasteiger partial charge >= 0.3 is 6.03 Å². The summed E-state index contributed by atoms with van der Waals surface area (Å²) in [6, 6.07) is 11.4. The SMILES string of the molecule is Cc1cc(-c2n[nH]c3cc(NC(=O)N[C@@H]4CCS(=O)(=O)c5ccccc54)ncc23)ccn1. The average Bonchev–Trinajstić information content (AvgIpc) is 3.19. The summed E-state index contributed by atoms with van der Waals surface area (Å²) < 4.78 is 24.6. The number of pyridine rings is 2. The number of aromatic nitrogens is 4. The highest BCUT2D eigenvalue weighted by Gasteiger charge is 2.30. The van der Waals surface area contributed by atoms with E-state index in [4.69, 9.17) is 0 Å². The number of carbonyl (C=O) groups excluding carboxylic acids is 1. The van der Waals surface area contributed by atoms with E-state index in [-0.39, 0.29) is 10.6 Å². The minimum Gasteiger partial charge on any atom is -0.331 e. The molecule has 5 rings (SSSR count). The van der Waals surface area contributed by atoms with Crippen LogP contribution in [0.15, 0.2) is 59.8 Å². The largest absolute Gasteiger partial charge is 0.331 e. The van der Waals surface area contributed by atoms with Crippen LogP contribution in [-0.2, 0) is 9.84 Å². The van der Waals surface area contributed by atoms with E-state index in [1.807, 2.05) is 19.1 Å². The minimum atomic E-state index is -3.32. The van der Waals surface area contributed by atoms with Gasteiger partial charge in [0.05, 0.1) is 22.2 Å². The molecule has 1 atom stereocenters. The first kappa shape index (κ1) is 20.1. The van der Waals surface area contributed by atoms with E-state index in [0.717, 1.165) is 27.9 Å². The lowest BCUT2D eigenvalue weighted by Crippen LogP contribution is -2.36. The molecule has 9 nitrogen and oxygen atoms in total. The maximum Gasteiger partial charge on any atom is 0.320 e. The van der Waals surface area contributed by atoms with E-state index >= 15 is 0 Å². The van der Waals surface area contributed by atoms with Gasteiger partial charge in [-0.25, -0.2) is 18.2 Å². The molecule has 1 aliphatic rings. The zero-order valence-electron chi connectivity index (χ0n) is 17.2. The van der Waals surface area contributed by atoms with E-state index in [1.165, 1.54) is 0 Å². The molecule has 0 fully saturated rings. The van der Waals surface area contributed by atoms with Crippen molar-refractivity contribution in [3.05, 3.63) is 66.1 Å². The number of carbonyl (C=O) groups is 1. The summed E-state index contributed by atoms with van der Waals surface area (Å²) in [4.78, 5) is 21.4. The molecule has 0 aliphatic carbocycles. The fraction of sp³-hybridized carbons (Fsp3) is 0.182. The molecule has 0 saturated carbocycles. The van der Waals surface area contributed by atoms with Crippen molar-refractivity contribution in [3.8, 4) is 11.3 Å². The van der Waals surface area contributed by atoms with E-state index in [0.29, 0.717) is 17.8 Å². The first-order valence-corrected chi connectivity index (χ1v) is 11.7. The lowest BCUT2D eigenvalue weighted by atomic mass is 10.0. The number of nitrogens with one attached hydrogen (secondary N) is 3. The molecule has 0 saturated heterocycles. The normalized spacial score (nSPS) is 17.0. The highest BCUT2D eigenvalue weighted by Crippen LogP contribution is 2.32. The lowest BCUT2D eigenvalue weighted by Gasteiger charge is -2.26. The molecule has 162 valence electrons. The molecule has 0 bridgehead atoms. The maximum absolute atomic E-state index is 12.6. The number of aryl methyl sites for hydroxylation is 1. The van der Waals surface area contributed by atoms with Crippen molar-refractivity contribution in [3.63, 3.8) is 0 Å². The van der Waals surface area contributed by atoms with Crippen LogP contribution in [-0.4, -0.2) is 40.4 Å². The molecule has 3 N–H and O–H groups in total. The summed E-state index contributed by atoms with van der Waals surface area (Å²) in [7, 11) is -3.32. The third kappa shape index (κ3) is 3.69. The second-order valence-corrected chi connectivity index (χ2v) is 9.75. The quantitative estimate of drug-likeness (QED) is 0.441. The van der Waals surface area contributed by atoms with Crippen LogP contribution in [0.4, 0.5) is 10.6 Å². The van der Waals surface area contributed by atoms with Crippen LogP contribution in [0.2, 0.25) is 0 Å². The van der Waals surface area contributed by atoms with Crippen molar-refractivity contribution >= 4 is 32.6 Å². The number of urea groups is 1. The molecule has 1 aromatic carbocycles. The van der Waals surface area contributed by atoms with E-state index in [1.54, 1.807) is 42.7 Å². The number of hydrogen-bond acceptors (Lipinski definition) is 6. The maximum atomic E-state index is 12.6. The van der Waals surface area contributed by atoms with Gasteiger partial charge in [-0.3, -0.25) is 15.4 Å². The van der Waals surface area contributed by atoms with Gasteiger partial charge in [-0.05, 0) is 37.1 Å². The fourth-order valence-electron chi connectivity index (χ4n) is 3.94. The number of benzene rings is 1. The predicted molar refractivity (Wildman–Crippen MR) is 120 cm³/mol. The van der Waals surface area contributed by atoms with Crippen LogP contribution in [0.25, 0.3) is 22.2 Å². The van der Waals surface area contributed by atoms with Gasteiger partial charge in [0.1, 0.15) is 11.5 Å². The van der Waals surface area contributed by atoms with Crippen molar-refractivity contribution in [2.24, 2.45) is 0 Å². The van der Waals surface area contributed by atoms with E-state index in [9.17, 15) is 13.2 Å². The molecule has 2 amide bonds. The Hall–Kier alpha value is -3.79. The highest BCUT2D eigenvalue weighted by molar-refractivity contribution is 7.91. The summed E-state index contributed by atoms with van der Waals surface area (Å²) in [5.41, 5.74) is 3.90. The topological polar surface area (TPSA) is 130 Å². The standard InChI is InChI=1S/C22H20N6O3S/c1-13-10-14(6-8-23-13)21-16-12-24-20(11-18(16)27-28-21)26-22(29)25-17-7-9-32(30,31)19-5-3-2-4-15(17)19/h2-6,8,10-12,17H,7,9H2,1H3,(H,27,28)(H2,24,25,26,29)/t17-/m1/s1. The molecular weight excluding hydrogens is 428 g/mol. The van der Waals surface area contributed by atoms with Gasteiger partial charge in [0, 0.05) is 35.1 Å². The van der Waals surface area contributed by atoms with E-state index < -0.39 is 21.9 Å². The fourth-order valence-corrected chi connectivity index (χ4v) is 5.57. The number of sulfone groups is 1. The smallest absolute Gasteiger partial charge is 0.320 e. The third-order valence-electron chi connectivity index (χ3n) is 5.47. The molecule has 10 heteroatoms. The third-order valence-corrected chi connectivity index (χ3v) is 7.28. The lowest BCUT2D eigenvalue weighted by molar-refractivity contribution is 0.247. The van der Waals surface area contributed by atoms with Gasteiger partial charge in [-0.2, -0.15) is 5.10 Å². The Bertz CT molecular complexity index is 1450. The Labute approximate surface area is 184 Å². The van der Waals surface area contributed by atoms with E-state index in [2.05, 4.69) is 30.8 Å². The Morgan fingerprint density at radius 3 is 2.84 bits per heavy atom.